The molecule has 2 rings (SSSR count). The lowest BCUT2D eigenvalue weighted by atomic mass is 10.1. The predicted molar refractivity (Wildman–Crippen MR) is 85.4 cm³/mol. The van der Waals surface area contributed by atoms with Gasteiger partial charge < -0.3 is 10.6 Å². The topological polar surface area (TPSA) is 41.1 Å². The molecule has 1 aromatic carbocycles. The van der Waals surface area contributed by atoms with Crippen LogP contribution in [0.4, 0.5) is 5.69 Å². The molecular formula is C16H20N2OS. The van der Waals surface area contributed by atoms with Crippen LogP contribution >= 0.6 is 11.3 Å². The monoisotopic (exact) mass is 288 g/mol. The van der Waals surface area contributed by atoms with Gasteiger partial charge in [0.05, 0.1) is 0 Å². The van der Waals surface area contributed by atoms with Gasteiger partial charge in [0, 0.05) is 24.3 Å². The Labute approximate surface area is 124 Å². The highest BCUT2D eigenvalue weighted by atomic mass is 32.1. The first-order chi connectivity index (χ1) is 9.70. The van der Waals surface area contributed by atoms with Gasteiger partial charge in [-0.1, -0.05) is 6.92 Å². The van der Waals surface area contributed by atoms with Crippen LogP contribution in [0.2, 0.25) is 0 Å². The summed E-state index contributed by atoms with van der Waals surface area (Å²) in [5.74, 6) is -0.0300. The zero-order valence-electron chi connectivity index (χ0n) is 11.9. The summed E-state index contributed by atoms with van der Waals surface area (Å²) in [5, 5.41) is 10.4. The van der Waals surface area contributed by atoms with Crippen molar-refractivity contribution in [2.24, 2.45) is 0 Å². The van der Waals surface area contributed by atoms with Crippen molar-refractivity contribution in [3.63, 3.8) is 0 Å². The maximum Gasteiger partial charge on any atom is 0.251 e. The van der Waals surface area contributed by atoms with Gasteiger partial charge in [-0.05, 0) is 59.5 Å². The van der Waals surface area contributed by atoms with E-state index in [1.807, 2.05) is 24.3 Å². The molecule has 0 saturated heterocycles. The molecule has 0 fully saturated rings. The van der Waals surface area contributed by atoms with Crippen LogP contribution in [0.15, 0.2) is 35.0 Å². The van der Waals surface area contributed by atoms with E-state index in [1.54, 1.807) is 11.3 Å². The summed E-state index contributed by atoms with van der Waals surface area (Å²) in [7, 11) is 0. The summed E-state index contributed by atoms with van der Waals surface area (Å²) in [4.78, 5) is 12.0. The van der Waals surface area contributed by atoms with E-state index in [-0.39, 0.29) is 5.91 Å². The molecule has 0 aliphatic heterocycles. The van der Waals surface area contributed by atoms with Crippen LogP contribution in [0.25, 0.3) is 0 Å². The molecular weight excluding hydrogens is 268 g/mol. The second-order valence-electron chi connectivity index (χ2n) is 4.77. The third kappa shape index (κ3) is 3.84. The van der Waals surface area contributed by atoms with Crippen molar-refractivity contribution in [1.82, 2.24) is 5.32 Å². The van der Waals surface area contributed by atoms with Crippen molar-refractivity contribution in [1.29, 1.82) is 0 Å². The maximum absolute atomic E-state index is 12.0. The molecule has 0 spiro atoms. The van der Waals surface area contributed by atoms with Crippen molar-refractivity contribution in [3.8, 4) is 0 Å². The van der Waals surface area contributed by atoms with Gasteiger partial charge in [-0.2, -0.15) is 11.3 Å². The molecule has 0 aliphatic rings. The van der Waals surface area contributed by atoms with E-state index in [1.165, 1.54) is 11.1 Å². The maximum atomic E-state index is 12.0. The van der Waals surface area contributed by atoms with E-state index < -0.39 is 0 Å². The van der Waals surface area contributed by atoms with Gasteiger partial charge in [0.25, 0.3) is 5.91 Å². The Bertz CT molecular complexity index is 560. The molecule has 2 aromatic rings. The Kier molecular flexibility index (Phi) is 5.18. The van der Waals surface area contributed by atoms with Crippen LogP contribution in [-0.2, 0) is 6.54 Å². The van der Waals surface area contributed by atoms with Gasteiger partial charge in [-0.25, -0.2) is 0 Å². The quantitative estimate of drug-likeness (QED) is 0.848. The van der Waals surface area contributed by atoms with E-state index in [4.69, 9.17) is 0 Å². The fourth-order valence-electron chi connectivity index (χ4n) is 1.85. The normalized spacial score (nSPS) is 10.3. The Morgan fingerprint density at radius 2 is 1.95 bits per heavy atom. The van der Waals surface area contributed by atoms with Crippen molar-refractivity contribution in [2.75, 3.05) is 11.9 Å². The number of carbonyl (C=O) groups excluding carboxylic acids is 1. The van der Waals surface area contributed by atoms with E-state index in [2.05, 4.69) is 35.2 Å². The van der Waals surface area contributed by atoms with E-state index in [9.17, 15) is 4.79 Å². The standard InChI is InChI=1S/C16H20N2OS/c1-3-8-17-15-6-4-13(5-7-15)16(19)18-9-14-11-20-10-12(14)2/h4-7,10-11,17H,3,8-9H2,1-2H3,(H,18,19). The highest BCUT2D eigenvalue weighted by molar-refractivity contribution is 7.08. The number of hydrogen-bond acceptors (Lipinski definition) is 3. The third-order valence-corrected chi connectivity index (χ3v) is 4.04. The Hall–Kier alpha value is -1.81. The van der Waals surface area contributed by atoms with Gasteiger partial charge in [0.2, 0.25) is 0 Å². The van der Waals surface area contributed by atoms with Crippen LogP contribution in [0.1, 0.15) is 34.8 Å². The molecule has 2 N–H and O–H groups in total. The molecule has 0 radical (unpaired) electrons. The smallest absolute Gasteiger partial charge is 0.251 e. The molecule has 0 saturated carbocycles. The van der Waals surface area contributed by atoms with Gasteiger partial charge in [-0.15, -0.1) is 0 Å². The van der Waals surface area contributed by atoms with Crippen molar-refractivity contribution < 1.29 is 4.79 Å². The van der Waals surface area contributed by atoms with Crippen LogP contribution in [0.3, 0.4) is 0 Å². The minimum Gasteiger partial charge on any atom is -0.385 e. The highest BCUT2D eigenvalue weighted by Gasteiger charge is 2.06. The number of anilines is 1. The molecule has 0 bridgehead atoms. The molecule has 20 heavy (non-hydrogen) atoms. The lowest BCUT2D eigenvalue weighted by Crippen LogP contribution is -2.22. The minimum atomic E-state index is -0.0300. The summed E-state index contributed by atoms with van der Waals surface area (Å²) in [5.41, 5.74) is 4.16. The molecule has 0 unspecified atom stereocenters. The van der Waals surface area contributed by atoms with Crippen molar-refractivity contribution in [2.45, 2.75) is 26.8 Å². The fraction of sp³-hybridized carbons (Fsp3) is 0.312. The first-order valence-electron chi connectivity index (χ1n) is 6.84. The van der Waals surface area contributed by atoms with Crippen molar-refractivity contribution in [3.05, 3.63) is 51.7 Å². The zero-order chi connectivity index (χ0) is 14.4. The molecule has 1 heterocycles. The average Bonchev–Trinajstić information content (AvgIpc) is 2.88. The third-order valence-electron chi connectivity index (χ3n) is 3.13. The zero-order valence-corrected chi connectivity index (χ0v) is 12.7. The molecule has 1 amide bonds. The summed E-state index contributed by atoms with van der Waals surface area (Å²) in [6.45, 7) is 5.72. The minimum absolute atomic E-state index is 0.0300. The molecule has 106 valence electrons. The summed E-state index contributed by atoms with van der Waals surface area (Å²) in [6.07, 6.45) is 1.09. The second kappa shape index (κ2) is 7.10. The van der Waals surface area contributed by atoms with E-state index >= 15 is 0 Å². The molecule has 4 heteroatoms. The van der Waals surface area contributed by atoms with E-state index in [0.29, 0.717) is 12.1 Å². The number of amides is 1. The number of nitrogens with one attached hydrogen (secondary N) is 2. The highest BCUT2D eigenvalue weighted by Crippen LogP contribution is 2.14. The summed E-state index contributed by atoms with van der Waals surface area (Å²) in [6, 6.07) is 7.60. The molecule has 1 aromatic heterocycles. The second-order valence-corrected chi connectivity index (χ2v) is 5.51. The van der Waals surface area contributed by atoms with Gasteiger partial charge >= 0.3 is 0 Å². The van der Waals surface area contributed by atoms with Crippen LogP contribution in [0, 0.1) is 6.92 Å². The number of rotatable bonds is 6. The molecule has 0 aliphatic carbocycles. The fourth-order valence-corrected chi connectivity index (χ4v) is 2.71. The van der Waals surface area contributed by atoms with Crippen molar-refractivity contribution >= 4 is 22.9 Å². The van der Waals surface area contributed by atoms with Gasteiger partial charge in [0.1, 0.15) is 0 Å². The first-order valence-corrected chi connectivity index (χ1v) is 7.78. The van der Waals surface area contributed by atoms with Crippen LogP contribution in [0.5, 0.6) is 0 Å². The van der Waals surface area contributed by atoms with Crippen LogP contribution in [-0.4, -0.2) is 12.5 Å². The lowest BCUT2D eigenvalue weighted by Gasteiger charge is -2.07. The summed E-state index contributed by atoms with van der Waals surface area (Å²) < 4.78 is 0. The van der Waals surface area contributed by atoms with Gasteiger partial charge in [-0.3, -0.25) is 4.79 Å². The Morgan fingerprint density at radius 1 is 1.20 bits per heavy atom. The number of aryl methyl sites for hydroxylation is 1. The summed E-state index contributed by atoms with van der Waals surface area (Å²) >= 11 is 1.66. The average molecular weight is 288 g/mol. The molecule has 0 atom stereocenters. The Morgan fingerprint density at radius 3 is 2.55 bits per heavy atom. The largest absolute Gasteiger partial charge is 0.385 e. The molecule has 3 nitrogen and oxygen atoms in total. The SMILES string of the molecule is CCCNc1ccc(C(=O)NCc2cscc2C)cc1. The predicted octanol–water partition coefficient (Wildman–Crippen LogP) is 3.81. The number of thiophene rings is 1. The number of benzene rings is 1. The van der Waals surface area contributed by atoms with Crippen LogP contribution < -0.4 is 10.6 Å². The Balaban J connectivity index is 1.90. The first kappa shape index (κ1) is 14.6. The number of carbonyl (C=O) groups is 1. The number of hydrogen-bond donors (Lipinski definition) is 2. The lowest BCUT2D eigenvalue weighted by molar-refractivity contribution is 0.0951. The van der Waals surface area contributed by atoms with E-state index in [0.717, 1.165) is 18.7 Å². The van der Waals surface area contributed by atoms with Gasteiger partial charge in [0.15, 0.2) is 0 Å².